The molecule has 0 saturated carbocycles. The average molecular weight is 479 g/mol. The smallest absolute Gasteiger partial charge is 0.270 e. The molecule has 4 aromatic rings. The number of rotatable bonds is 10. The fourth-order valence-corrected chi connectivity index (χ4v) is 3.91. The minimum absolute atomic E-state index is 0. The molecule has 176 valence electrons. The van der Waals surface area contributed by atoms with Crippen molar-refractivity contribution in [3.8, 4) is 0 Å². The molecule has 1 heterocycles. The zero-order chi connectivity index (χ0) is 23.0. The maximum atomic E-state index is 12.2. The number of unbranched alkanes of at least 4 members (excludes halogenated alkanes) is 3. The Kier molecular flexibility index (Phi) is 8.76. The molecule has 0 bridgehead atoms. The van der Waals surface area contributed by atoms with E-state index in [4.69, 9.17) is 4.98 Å². The van der Waals surface area contributed by atoms with Crippen LogP contribution >= 0.6 is 12.4 Å². The normalized spacial score (nSPS) is 10.6. The van der Waals surface area contributed by atoms with Crippen molar-refractivity contribution in [1.29, 1.82) is 0 Å². The van der Waals surface area contributed by atoms with E-state index in [0.717, 1.165) is 59.7 Å². The monoisotopic (exact) mass is 478 g/mol. The van der Waals surface area contributed by atoms with Crippen molar-refractivity contribution in [1.82, 2.24) is 10.3 Å². The lowest BCUT2D eigenvalue weighted by atomic mass is 10.1. The molecular formula is C26H27ClN4O3. The molecule has 8 heteroatoms. The van der Waals surface area contributed by atoms with Crippen molar-refractivity contribution < 1.29 is 9.72 Å². The summed E-state index contributed by atoms with van der Waals surface area (Å²) < 4.78 is 0. The molecule has 0 aliphatic carbocycles. The van der Waals surface area contributed by atoms with Gasteiger partial charge < -0.3 is 10.6 Å². The van der Waals surface area contributed by atoms with Crippen molar-refractivity contribution in [2.24, 2.45) is 0 Å². The highest BCUT2D eigenvalue weighted by Gasteiger charge is 2.11. The Morgan fingerprint density at radius 2 is 1.44 bits per heavy atom. The highest BCUT2D eigenvalue weighted by molar-refractivity contribution is 6.07. The Balaban J connectivity index is 0.00000324. The first-order valence-electron chi connectivity index (χ1n) is 11.2. The second-order valence-electron chi connectivity index (χ2n) is 7.93. The van der Waals surface area contributed by atoms with Crippen LogP contribution in [0.5, 0.6) is 0 Å². The SMILES string of the molecule is Cl.O=C(NCCCCCCNc1c2ccccc2nc2ccccc12)c1cccc([N+](=O)[O-])c1. The molecule has 1 aromatic heterocycles. The van der Waals surface area contributed by atoms with E-state index < -0.39 is 4.92 Å². The Hall–Kier alpha value is -3.71. The third-order valence-electron chi connectivity index (χ3n) is 5.60. The molecule has 0 aliphatic heterocycles. The van der Waals surface area contributed by atoms with Gasteiger partial charge in [-0.1, -0.05) is 55.3 Å². The van der Waals surface area contributed by atoms with Gasteiger partial charge in [-0.2, -0.15) is 0 Å². The number of nitrogens with zero attached hydrogens (tertiary/aromatic N) is 2. The lowest BCUT2D eigenvalue weighted by Gasteiger charge is -2.13. The van der Waals surface area contributed by atoms with Crippen LogP contribution in [-0.4, -0.2) is 28.9 Å². The van der Waals surface area contributed by atoms with Gasteiger partial charge in [-0.05, 0) is 31.0 Å². The number of nitrogens with one attached hydrogen (secondary N) is 2. The van der Waals surface area contributed by atoms with Crippen LogP contribution in [0.15, 0.2) is 72.8 Å². The summed E-state index contributed by atoms with van der Waals surface area (Å²) in [6.07, 6.45) is 3.92. The summed E-state index contributed by atoms with van der Waals surface area (Å²) in [5, 5.41) is 19.5. The quantitative estimate of drug-likeness (QED) is 0.124. The van der Waals surface area contributed by atoms with E-state index in [1.165, 1.54) is 18.2 Å². The summed E-state index contributed by atoms with van der Waals surface area (Å²) in [4.78, 5) is 27.3. The zero-order valence-corrected chi connectivity index (χ0v) is 19.5. The number of amides is 1. The number of aromatic nitrogens is 1. The summed E-state index contributed by atoms with van der Waals surface area (Å²) in [5.41, 5.74) is 3.33. The van der Waals surface area contributed by atoms with Crippen molar-refractivity contribution in [3.63, 3.8) is 0 Å². The first-order valence-corrected chi connectivity index (χ1v) is 11.2. The molecule has 0 spiro atoms. The molecule has 34 heavy (non-hydrogen) atoms. The number of pyridine rings is 1. The van der Waals surface area contributed by atoms with Gasteiger partial charge in [-0.15, -0.1) is 12.4 Å². The molecule has 2 N–H and O–H groups in total. The zero-order valence-electron chi connectivity index (χ0n) is 18.7. The van der Waals surface area contributed by atoms with Gasteiger partial charge in [-0.3, -0.25) is 14.9 Å². The summed E-state index contributed by atoms with van der Waals surface area (Å²) >= 11 is 0. The number of hydrogen-bond acceptors (Lipinski definition) is 5. The largest absolute Gasteiger partial charge is 0.384 e. The molecule has 7 nitrogen and oxygen atoms in total. The minimum Gasteiger partial charge on any atom is -0.384 e. The van der Waals surface area contributed by atoms with Gasteiger partial charge in [-0.25, -0.2) is 4.98 Å². The number of nitro groups is 1. The van der Waals surface area contributed by atoms with E-state index >= 15 is 0 Å². The number of carbonyl (C=O) groups is 1. The van der Waals surface area contributed by atoms with Crippen molar-refractivity contribution in [3.05, 3.63) is 88.5 Å². The highest BCUT2D eigenvalue weighted by atomic mass is 35.5. The van der Waals surface area contributed by atoms with Gasteiger partial charge in [0.05, 0.1) is 21.6 Å². The molecule has 3 aromatic carbocycles. The number of anilines is 1. The summed E-state index contributed by atoms with van der Waals surface area (Å²) in [6, 6.07) is 22.1. The van der Waals surface area contributed by atoms with Crippen LogP contribution < -0.4 is 10.6 Å². The Morgan fingerprint density at radius 3 is 2.09 bits per heavy atom. The molecule has 1 amide bonds. The number of carbonyl (C=O) groups excluding carboxylic acids is 1. The standard InChI is InChI=1S/C26H26N4O3.ClH/c31-26(19-10-9-11-20(18-19)30(32)33)28-17-8-2-1-7-16-27-25-21-12-3-5-14-23(21)29-24-15-6-4-13-22(24)25;/h3-6,9-15,18H,1-2,7-8,16-17H2,(H,27,29)(H,28,31);1H. The molecule has 4 rings (SSSR count). The van der Waals surface area contributed by atoms with E-state index in [0.29, 0.717) is 12.1 Å². The lowest BCUT2D eigenvalue weighted by Crippen LogP contribution is -2.24. The van der Waals surface area contributed by atoms with Gasteiger partial charge in [0, 0.05) is 41.6 Å². The Labute approximate surface area is 204 Å². The van der Waals surface area contributed by atoms with E-state index in [1.54, 1.807) is 6.07 Å². The third kappa shape index (κ3) is 5.99. The molecule has 0 aliphatic rings. The molecule has 0 saturated heterocycles. The highest BCUT2D eigenvalue weighted by Crippen LogP contribution is 2.30. The Bertz CT molecular complexity index is 1240. The first kappa shape index (κ1) is 24.9. The maximum absolute atomic E-state index is 12.2. The van der Waals surface area contributed by atoms with Gasteiger partial charge >= 0.3 is 0 Å². The van der Waals surface area contributed by atoms with Crippen LogP contribution in [0.2, 0.25) is 0 Å². The van der Waals surface area contributed by atoms with Crippen LogP contribution in [0.4, 0.5) is 11.4 Å². The summed E-state index contributed by atoms with van der Waals surface area (Å²) in [5.74, 6) is -0.281. The fraction of sp³-hybridized carbons (Fsp3) is 0.231. The topological polar surface area (TPSA) is 97.2 Å². The van der Waals surface area contributed by atoms with E-state index in [9.17, 15) is 14.9 Å². The van der Waals surface area contributed by atoms with Crippen LogP contribution in [0, 0.1) is 10.1 Å². The van der Waals surface area contributed by atoms with E-state index in [1.807, 2.05) is 36.4 Å². The predicted octanol–water partition coefficient (Wildman–Crippen LogP) is 6.12. The second-order valence-corrected chi connectivity index (χ2v) is 7.93. The predicted molar refractivity (Wildman–Crippen MR) is 139 cm³/mol. The average Bonchev–Trinajstić information content (AvgIpc) is 2.84. The number of hydrogen-bond donors (Lipinski definition) is 2. The molecular weight excluding hydrogens is 452 g/mol. The van der Waals surface area contributed by atoms with Crippen molar-refractivity contribution in [2.75, 3.05) is 18.4 Å². The number of non-ortho nitro benzene ring substituents is 1. The van der Waals surface area contributed by atoms with Crippen LogP contribution in [-0.2, 0) is 0 Å². The van der Waals surface area contributed by atoms with Gasteiger partial charge in [0.15, 0.2) is 0 Å². The molecule has 0 unspecified atom stereocenters. The van der Waals surface area contributed by atoms with Gasteiger partial charge in [0.2, 0.25) is 0 Å². The van der Waals surface area contributed by atoms with Gasteiger partial charge in [0.25, 0.3) is 11.6 Å². The molecule has 0 fully saturated rings. The van der Waals surface area contributed by atoms with Crippen LogP contribution in [0.1, 0.15) is 36.0 Å². The lowest BCUT2D eigenvalue weighted by molar-refractivity contribution is -0.384. The second kappa shape index (κ2) is 12.0. The van der Waals surface area contributed by atoms with Gasteiger partial charge in [0.1, 0.15) is 0 Å². The third-order valence-corrected chi connectivity index (χ3v) is 5.60. The molecule has 0 radical (unpaired) electrons. The summed E-state index contributed by atoms with van der Waals surface area (Å²) in [6.45, 7) is 1.41. The van der Waals surface area contributed by atoms with E-state index in [-0.39, 0.29) is 24.0 Å². The van der Waals surface area contributed by atoms with Crippen molar-refractivity contribution in [2.45, 2.75) is 25.7 Å². The van der Waals surface area contributed by atoms with Crippen molar-refractivity contribution >= 4 is 51.5 Å². The number of benzene rings is 3. The first-order chi connectivity index (χ1) is 16.1. The number of nitro benzene ring substituents is 1. The summed E-state index contributed by atoms with van der Waals surface area (Å²) in [7, 11) is 0. The number of para-hydroxylation sites is 2. The minimum atomic E-state index is -0.498. The van der Waals surface area contributed by atoms with Crippen LogP contribution in [0.3, 0.4) is 0 Å². The fourth-order valence-electron chi connectivity index (χ4n) is 3.91. The van der Waals surface area contributed by atoms with E-state index in [2.05, 4.69) is 22.8 Å². The number of halogens is 1. The number of fused-ring (bicyclic) bond motifs is 2. The Morgan fingerprint density at radius 1 is 0.824 bits per heavy atom. The van der Waals surface area contributed by atoms with Crippen LogP contribution in [0.25, 0.3) is 21.8 Å². The maximum Gasteiger partial charge on any atom is 0.270 e. The molecule has 0 atom stereocenters.